The van der Waals surface area contributed by atoms with Crippen LogP contribution in [0, 0.1) is 17.0 Å². The number of hydrogen-bond donors (Lipinski definition) is 1. The molecule has 7 heteroatoms. The Bertz CT molecular complexity index is 631. The number of nitro groups is 1. The van der Waals surface area contributed by atoms with E-state index in [0.717, 1.165) is 5.56 Å². The minimum Gasteiger partial charge on any atom is -0.478 e. The third kappa shape index (κ3) is 2.76. The number of aryl methyl sites for hydroxylation is 1. The predicted molar refractivity (Wildman–Crippen MR) is 66.1 cm³/mol. The van der Waals surface area contributed by atoms with Crippen molar-refractivity contribution in [2.24, 2.45) is 0 Å². The fraction of sp³-hybridized carbons (Fsp3) is 0.167. The maximum absolute atomic E-state index is 10.7. The normalized spacial score (nSPS) is 10.4. The van der Waals surface area contributed by atoms with E-state index in [1.807, 2.05) is 0 Å². The zero-order valence-corrected chi connectivity index (χ0v) is 10.1. The van der Waals surface area contributed by atoms with Gasteiger partial charge in [-0.1, -0.05) is 12.1 Å². The molecule has 1 N–H and O–H groups in total. The molecule has 2 rings (SSSR count). The standard InChI is InChI=1S/C12H11N3O4/c1-8-6-11(15(18)19)13-14(8)7-9-2-4-10(5-3-9)12(16)17/h2-6H,7H2,1H3,(H,16,17). The largest absolute Gasteiger partial charge is 0.478 e. The Morgan fingerprint density at radius 2 is 2.05 bits per heavy atom. The third-order valence-corrected chi connectivity index (χ3v) is 2.69. The van der Waals surface area contributed by atoms with E-state index in [4.69, 9.17) is 5.11 Å². The predicted octanol–water partition coefficient (Wildman–Crippen LogP) is 1.85. The SMILES string of the molecule is Cc1cc([N+](=O)[O-])nn1Cc1ccc(C(=O)O)cc1. The summed E-state index contributed by atoms with van der Waals surface area (Å²) in [7, 11) is 0. The molecule has 0 aliphatic heterocycles. The lowest BCUT2D eigenvalue weighted by molar-refractivity contribution is -0.389. The van der Waals surface area contributed by atoms with Crippen LogP contribution in [0.5, 0.6) is 0 Å². The Hall–Kier alpha value is -2.70. The molecular formula is C12H11N3O4. The van der Waals surface area contributed by atoms with Crippen LogP contribution < -0.4 is 0 Å². The van der Waals surface area contributed by atoms with E-state index in [1.165, 1.54) is 22.9 Å². The fourth-order valence-electron chi connectivity index (χ4n) is 1.67. The number of hydrogen-bond acceptors (Lipinski definition) is 4. The van der Waals surface area contributed by atoms with Crippen molar-refractivity contribution < 1.29 is 14.8 Å². The molecule has 1 aromatic heterocycles. The summed E-state index contributed by atoms with van der Waals surface area (Å²) in [4.78, 5) is 20.8. The van der Waals surface area contributed by atoms with E-state index in [-0.39, 0.29) is 11.4 Å². The Morgan fingerprint density at radius 3 is 2.53 bits per heavy atom. The van der Waals surface area contributed by atoms with Crippen LogP contribution in [0.15, 0.2) is 30.3 Å². The highest BCUT2D eigenvalue weighted by atomic mass is 16.6. The Labute approximate surface area is 108 Å². The summed E-state index contributed by atoms with van der Waals surface area (Å²) in [6, 6.07) is 7.70. The number of carboxylic acid groups (broad SMARTS) is 1. The molecule has 1 aromatic carbocycles. The van der Waals surface area contributed by atoms with Crippen molar-refractivity contribution in [3.8, 4) is 0 Å². The van der Waals surface area contributed by atoms with Crippen molar-refractivity contribution in [2.75, 3.05) is 0 Å². The van der Waals surface area contributed by atoms with Gasteiger partial charge in [-0.25, -0.2) is 4.79 Å². The van der Waals surface area contributed by atoms with Crippen molar-refractivity contribution in [3.63, 3.8) is 0 Å². The first-order valence-corrected chi connectivity index (χ1v) is 5.48. The maximum Gasteiger partial charge on any atom is 0.390 e. The van der Waals surface area contributed by atoms with Gasteiger partial charge < -0.3 is 15.2 Å². The second kappa shape index (κ2) is 4.89. The van der Waals surface area contributed by atoms with Gasteiger partial charge >= 0.3 is 11.8 Å². The molecule has 0 aliphatic carbocycles. The maximum atomic E-state index is 10.7. The number of benzene rings is 1. The number of carboxylic acids is 1. The number of aromatic carboxylic acids is 1. The molecule has 2 aromatic rings. The zero-order valence-electron chi connectivity index (χ0n) is 10.1. The van der Waals surface area contributed by atoms with Crippen molar-refractivity contribution in [2.45, 2.75) is 13.5 Å². The van der Waals surface area contributed by atoms with Crippen LogP contribution >= 0.6 is 0 Å². The van der Waals surface area contributed by atoms with Crippen molar-refractivity contribution in [3.05, 3.63) is 57.3 Å². The van der Waals surface area contributed by atoms with Gasteiger partial charge in [-0.3, -0.25) is 0 Å². The Kier molecular flexibility index (Phi) is 3.28. The average Bonchev–Trinajstić information content (AvgIpc) is 2.72. The molecule has 0 fully saturated rings. The topological polar surface area (TPSA) is 98.3 Å². The molecule has 0 spiro atoms. The van der Waals surface area contributed by atoms with Crippen LogP contribution in [0.4, 0.5) is 5.82 Å². The number of carbonyl (C=O) groups is 1. The summed E-state index contributed by atoms with van der Waals surface area (Å²) in [6.45, 7) is 2.09. The molecule has 19 heavy (non-hydrogen) atoms. The molecule has 0 aliphatic rings. The monoisotopic (exact) mass is 261 g/mol. The highest BCUT2D eigenvalue weighted by Gasteiger charge is 2.15. The third-order valence-electron chi connectivity index (χ3n) is 2.69. The highest BCUT2D eigenvalue weighted by molar-refractivity contribution is 5.87. The van der Waals surface area contributed by atoms with E-state index in [9.17, 15) is 14.9 Å². The number of aromatic nitrogens is 2. The molecule has 0 amide bonds. The van der Waals surface area contributed by atoms with Gasteiger partial charge in [-0.15, -0.1) is 0 Å². The van der Waals surface area contributed by atoms with Crippen LogP contribution in [0.3, 0.4) is 0 Å². The highest BCUT2D eigenvalue weighted by Crippen LogP contribution is 2.13. The molecule has 0 atom stereocenters. The van der Waals surface area contributed by atoms with Crippen LogP contribution in [-0.2, 0) is 6.54 Å². The minimum absolute atomic E-state index is 0.195. The second-order valence-corrected chi connectivity index (χ2v) is 4.06. The lowest BCUT2D eigenvalue weighted by atomic mass is 10.1. The van der Waals surface area contributed by atoms with Gasteiger partial charge in [0, 0.05) is 0 Å². The fourth-order valence-corrected chi connectivity index (χ4v) is 1.67. The van der Waals surface area contributed by atoms with Crippen molar-refractivity contribution in [1.82, 2.24) is 9.78 Å². The van der Waals surface area contributed by atoms with Gasteiger partial charge in [0.25, 0.3) is 0 Å². The Morgan fingerprint density at radius 1 is 1.42 bits per heavy atom. The molecule has 7 nitrogen and oxygen atoms in total. The Balaban J connectivity index is 2.21. The van der Waals surface area contributed by atoms with Crippen molar-refractivity contribution in [1.29, 1.82) is 0 Å². The van der Waals surface area contributed by atoms with Gasteiger partial charge in [-0.2, -0.15) is 4.68 Å². The lowest BCUT2D eigenvalue weighted by Gasteiger charge is -2.01. The second-order valence-electron chi connectivity index (χ2n) is 4.06. The van der Waals surface area contributed by atoms with E-state index < -0.39 is 10.9 Å². The van der Waals surface area contributed by atoms with Crippen LogP contribution in [0.1, 0.15) is 21.6 Å². The van der Waals surface area contributed by atoms with Gasteiger partial charge in [0.15, 0.2) is 0 Å². The summed E-state index contributed by atoms with van der Waals surface area (Å²) in [5.41, 5.74) is 1.70. The summed E-state index contributed by atoms with van der Waals surface area (Å²) in [6.07, 6.45) is 0. The van der Waals surface area contributed by atoms with Crippen molar-refractivity contribution >= 4 is 11.8 Å². The first kappa shape index (κ1) is 12.7. The quantitative estimate of drug-likeness (QED) is 0.668. The van der Waals surface area contributed by atoms with Crippen LogP contribution in [-0.4, -0.2) is 25.8 Å². The first-order valence-electron chi connectivity index (χ1n) is 5.48. The molecule has 0 saturated carbocycles. The molecule has 0 unspecified atom stereocenters. The summed E-state index contributed by atoms with van der Waals surface area (Å²) >= 11 is 0. The summed E-state index contributed by atoms with van der Waals surface area (Å²) in [5.74, 6) is -1.18. The van der Waals surface area contributed by atoms with Crippen LogP contribution in [0.25, 0.3) is 0 Å². The van der Waals surface area contributed by atoms with Gasteiger partial charge in [-0.05, 0) is 29.5 Å². The van der Waals surface area contributed by atoms with Gasteiger partial charge in [0.05, 0.1) is 29.0 Å². The smallest absolute Gasteiger partial charge is 0.390 e. The minimum atomic E-state index is -0.988. The number of rotatable bonds is 4. The average molecular weight is 261 g/mol. The molecule has 0 bridgehead atoms. The van der Waals surface area contributed by atoms with Gasteiger partial charge in [0.1, 0.15) is 0 Å². The lowest BCUT2D eigenvalue weighted by Crippen LogP contribution is -2.05. The molecule has 98 valence electrons. The van der Waals surface area contributed by atoms with Gasteiger partial charge in [0.2, 0.25) is 0 Å². The molecule has 1 heterocycles. The molecule has 0 saturated heterocycles. The van der Waals surface area contributed by atoms with E-state index in [2.05, 4.69) is 5.10 Å². The number of nitrogens with zero attached hydrogens (tertiary/aromatic N) is 3. The summed E-state index contributed by atoms with van der Waals surface area (Å²) < 4.78 is 1.51. The molecular weight excluding hydrogens is 250 g/mol. The van der Waals surface area contributed by atoms with Crippen LogP contribution in [0.2, 0.25) is 0 Å². The van der Waals surface area contributed by atoms with E-state index in [0.29, 0.717) is 12.2 Å². The van der Waals surface area contributed by atoms with E-state index >= 15 is 0 Å². The molecule has 0 radical (unpaired) electrons. The van der Waals surface area contributed by atoms with E-state index in [1.54, 1.807) is 19.1 Å². The zero-order chi connectivity index (χ0) is 14.0. The first-order chi connectivity index (χ1) is 8.97. The summed E-state index contributed by atoms with van der Waals surface area (Å²) in [5, 5.41) is 23.2.